The number of H-pyrrole nitrogens is 1. The van der Waals surface area contributed by atoms with E-state index in [1.54, 1.807) is 7.11 Å². The Bertz CT molecular complexity index is 860. The maximum Gasteiger partial charge on any atom is 0.171 e. The molecule has 1 aromatic carbocycles. The van der Waals surface area contributed by atoms with Crippen LogP contribution in [0.3, 0.4) is 0 Å². The molecule has 1 aliphatic heterocycles. The molecule has 25 heavy (non-hydrogen) atoms. The zero-order chi connectivity index (χ0) is 17.2. The molecule has 0 spiro atoms. The van der Waals surface area contributed by atoms with Crippen LogP contribution in [0.2, 0.25) is 0 Å². The van der Waals surface area contributed by atoms with Gasteiger partial charge in [0.15, 0.2) is 11.6 Å². The van der Waals surface area contributed by atoms with Gasteiger partial charge in [-0.15, -0.1) is 0 Å². The van der Waals surface area contributed by atoms with Gasteiger partial charge in [-0.05, 0) is 24.6 Å². The van der Waals surface area contributed by atoms with Crippen LogP contribution in [0.4, 0.5) is 11.5 Å². The van der Waals surface area contributed by atoms with E-state index in [-0.39, 0.29) is 0 Å². The minimum atomic E-state index is 0.444. The van der Waals surface area contributed by atoms with Crippen molar-refractivity contribution in [3.05, 3.63) is 48.8 Å². The molecule has 130 valence electrons. The van der Waals surface area contributed by atoms with Crippen molar-refractivity contribution in [1.82, 2.24) is 9.97 Å². The van der Waals surface area contributed by atoms with E-state index in [0.29, 0.717) is 6.04 Å². The predicted octanol–water partition coefficient (Wildman–Crippen LogP) is 3.68. The van der Waals surface area contributed by atoms with Crippen LogP contribution < -0.4 is 14.5 Å². The molecule has 0 saturated carbocycles. The monoisotopic (exact) mass is 336 g/mol. The van der Waals surface area contributed by atoms with Gasteiger partial charge in [-0.25, -0.2) is 4.98 Å². The Morgan fingerprint density at radius 2 is 2.08 bits per heavy atom. The number of piperazine rings is 1. The molecule has 1 fully saturated rings. The molecule has 2 aromatic heterocycles. The zero-order valence-electron chi connectivity index (χ0n) is 14.8. The summed E-state index contributed by atoms with van der Waals surface area (Å²) in [6.45, 7) is 5.11. The molecule has 1 N–H and O–H groups in total. The summed E-state index contributed by atoms with van der Waals surface area (Å²) in [4.78, 5) is 12.8. The van der Waals surface area contributed by atoms with Crippen LogP contribution in [0.1, 0.15) is 13.3 Å². The van der Waals surface area contributed by atoms with E-state index in [1.165, 1.54) is 16.6 Å². The molecule has 5 heteroatoms. The Morgan fingerprint density at radius 1 is 1.20 bits per heavy atom. The highest BCUT2D eigenvalue weighted by Crippen LogP contribution is 2.33. The van der Waals surface area contributed by atoms with Crippen LogP contribution in [-0.2, 0) is 0 Å². The maximum absolute atomic E-state index is 5.50. The van der Waals surface area contributed by atoms with Crippen molar-refractivity contribution in [1.29, 1.82) is 0 Å². The number of fused-ring (bicyclic) bond motifs is 1. The Hall–Kier alpha value is -2.69. The average Bonchev–Trinajstić information content (AvgIpc) is 3.11. The number of para-hydroxylation sites is 1. The van der Waals surface area contributed by atoms with Crippen LogP contribution in [0.25, 0.3) is 10.9 Å². The Kier molecular flexibility index (Phi) is 4.22. The van der Waals surface area contributed by atoms with Crippen molar-refractivity contribution < 1.29 is 4.74 Å². The Balaban J connectivity index is 1.62. The van der Waals surface area contributed by atoms with E-state index in [9.17, 15) is 0 Å². The molecule has 1 atom stereocenters. The summed E-state index contributed by atoms with van der Waals surface area (Å²) >= 11 is 0. The minimum absolute atomic E-state index is 0.444. The van der Waals surface area contributed by atoms with Crippen LogP contribution in [0, 0.1) is 0 Å². The first-order valence-corrected chi connectivity index (χ1v) is 8.88. The number of hydrogen-bond donors (Lipinski definition) is 1. The lowest BCUT2D eigenvalue weighted by Crippen LogP contribution is -2.53. The van der Waals surface area contributed by atoms with Crippen LogP contribution in [0.15, 0.2) is 48.8 Å². The van der Waals surface area contributed by atoms with Crippen molar-refractivity contribution >= 4 is 22.4 Å². The van der Waals surface area contributed by atoms with Gasteiger partial charge in [0, 0.05) is 49.0 Å². The third-order valence-electron chi connectivity index (χ3n) is 5.10. The molecular formula is C20H24N4O. The quantitative estimate of drug-likeness (QED) is 0.789. The molecule has 0 amide bonds. The number of aromatic amines is 1. The van der Waals surface area contributed by atoms with E-state index >= 15 is 0 Å². The third kappa shape index (κ3) is 2.80. The number of rotatable bonds is 4. The fraction of sp³-hybridized carbons (Fsp3) is 0.350. The third-order valence-corrected chi connectivity index (χ3v) is 5.10. The zero-order valence-corrected chi connectivity index (χ0v) is 14.8. The number of anilines is 2. The van der Waals surface area contributed by atoms with Crippen molar-refractivity contribution in [3.8, 4) is 5.75 Å². The molecule has 3 aromatic rings. The summed E-state index contributed by atoms with van der Waals surface area (Å²) in [5, 5.41) is 1.30. The standard InChI is InChI=1S/C20H24N4O/c1-3-15-14-23(20-19(25-2)9-6-10-21-20)11-12-24(15)18-13-22-17-8-5-4-7-16(17)18/h4-10,13,15,22H,3,11-12,14H2,1-2H3. The second-order valence-electron chi connectivity index (χ2n) is 6.45. The number of nitrogens with one attached hydrogen (secondary N) is 1. The molecule has 4 rings (SSSR count). The Labute approximate surface area is 148 Å². The van der Waals surface area contributed by atoms with Crippen molar-refractivity contribution in [3.63, 3.8) is 0 Å². The molecule has 3 heterocycles. The van der Waals surface area contributed by atoms with Gasteiger partial charge in [0.1, 0.15) is 0 Å². The molecule has 5 nitrogen and oxygen atoms in total. The van der Waals surface area contributed by atoms with Gasteiger partial charge in [0.2, 0.25) is 0 Å². The van der Waals surface area contributed by atoms with Crippen LogP contribution in [0.5, 0.6) is 5.75 Å². The number of hydrogen-bond acceptors (Lipinski definition) is 4. The van der Waals surface area contributed by atoms with E-state index in [1.807, 2.05) is 18.3 Å². The van der Waals surface area contributed by atoms with E-state index in [2.05, 4.69) is 57.2 Å². The number of methoxy groups -OCH3 is 1. The van der Waals surface area contributed by atoms with Gasteiger partial charge >= 0.3 is 0 Å². The summed E-state index contributed by atoms with van der Waals surface area (Å²) < 4.78 is 5.50. The first-order chi connectivity index (χ1) is 12.3. The summed E-state index contributed by atoms with van der Waals surface area (Å²) in [5.41, 5.74) is 2.50. The van der Waals surface area contributed by atoms with Crippen LogP contribution in [-0.4, -0.2) is 42.8 Å². The number of nitrogens with zero attached hydrogens (tertiary/aromatic N) is 3. The van der Waals surface area contributed by atoms with Gasteiger partial charge in [0.05, 0.1) is 12.8 Å². The molecule has 1 saturated heterocycles. The van der Waals surface area contributed by atoms with Crippen molar-refractivity contribution in [2.75, 3.05) is 36.5 Å². The van der Waals surface area contributed by atoms with E-state index < -0.39 is 0 Å². The molecule has 1 unspecified atom stereocenters. The summed E-state index contributed by atoms with van der Waals surface area (Å²) in [5.74, 6) is 1.79. The lowest BCUT2D eigenvalue weighted by molar-refractivity contribution is 0.409. The summed E-state index contributed by atoms with van der Waals surface area (Å²) in [6, 6.07) is 12.9. The van der Waals surface area contributed by atoms with Gasteiger partial charge < -0.3 is 19.5 Å². The predicted molar refractivity (Wildman–Crippen MR) is 103 cm³/mol. The maximum atomic E-state index is 5.50. The smallest absolute Gasteiger partial charge is 0.171 e. The SMILES string of the molecule is CCC1CN(c2ncccc2OC)CCN1c1c[nH]c2ccccc12. The van der Waals surface area contributed by atoms with E-state index in [4.69, 9.17) is 4.74 Å². The fourth-order valence-electron chi connectivity index (χ4n) is 3.79. The normalized spacial score (nSPS) is 17.9. The van der Waals surface area contributed by atoms with Gasteiger partial charge in [-0.2, -0.15) is 0 Å². The second-order valence-corrected chi connectivity index (χ2v) is 6.45. The highest BCUT2D eigenvalue weighted by molar-refractivity contribution is 5.93. The topological polar surface area (TPSA) is 44.4 Å². The second kappa shape index (κ2) is 6.67. The van der Waals surface area contributed by atoms with Gasteiger partial charge in [-0.1, -0.05) is 25.1 Å². The molecule has 0 aliphatic carbocycles. The Morgan fingerprint density at radius 3 is 2.92 bits per heavy atom. The molecule has 0 bridgehead atoms. The first kappa shape index (κ1) is 15.8. The highest BCUT2D eigenvalue weighted by Gasteiger charge is 2.29. The van der Waals surface area contributed by atoms with Crippen LogP contribution >= 0.6 is 0 Å². The average molecular weight is 336 g/mol. The first-order valence-electron chi connectivity index (χ1n) is 8.88. The summed E-state index contributed by atoms with van der Waals surface area (Å²) in [7, 11) is 1.71. The lowest BCUT2D eigenvalue weighted by atomic mass is 10.1. The number of benzene rings is 1. The largest absolute Gasteiger partial charge is 0.493 e. The number of ether oxygens (including phenoxy) is 1. The fourth-order valence-corrected chi connectivity index (χ4v) is 3.79. The van der Waals surface area contributed by atoms with Gasteiger partial charge in [-0.3, -0.25) is 0 Å². The lowest BCUT2D eigenvalue weighted by Gasteiger charge is -2.43. The summed E-state index contributed by atoms with van der Waals surface area (Å²) in [6.07, 6.45) is 5.07. The van der Waals surface area contributed by atoms with Gasteiger partial charge in [0.25, 0.3) is 0 Å². The number of aromatic nitrogens is 2. The molecule has 1 aliphatic rings. The van der Waals surface area contributed by atoms with E-state index in [0.717, 1.165) is 37.6 Å². The highest BCUT2D eigenvalue weighted by atomic mass is 16.5. The molecular weight excluding hydrogens is 312 g/mol. The molecule has 0 radical (unpaired) electrons. The van der Waals surface area contributed by atoms with Crippen molar-refractivity contribution in [2.24, 2.45) is 0 Å². The number of pyridine rings is 1. The van der Waals surface area contributed by atoms with Crippen molar-refractivity contribution in [2.45, 2.75) is 19.4 Å². The minimum Gasteiger partial charge on any atom is -0.493 e.